The molecule has 106 valence electrons. The molecule has 0 aliphatic carbocycles. The first-order chi connectivity index (χ1) is 9.60. The smallest absolute Gasteiger partial charge is 0.275 e. The molecular weight excluding hydrogens is 264 g/mol. The van der Waals surface area contributed by atoms with Crippen LogP contribution < -0.4 is 10.1 Å². The second-order valence-electron chi connectivity index (χ2n) is 4.04. The lowest BCUT2D eigenvalue weighted by Gasteiger charge is -2.12. The molecule has 0 aliphatic rings. The van der Waals surface area contributed by atoms with Crippen molar-refractivity contribution in [2.24, 2.45) is 0 Å². The topological polar surface area (TPSA) is 119 Å². The summed E-state index contributed by atoms with van der Waals surface area (Å²) in [7, 11) is 0. The Morgan fingerprint density at radius 2 is 2.30 bits per heavy atom. The molecule has 0 saturated heterocycles. The monoisotopic (exact) mass is 278 g/mol. The molecule has 1 unspecified atom stereocenters. The van der Waals surface area contributed by atoms with Gasteiger partial charge in [-0.1, -0.05) is 5.21 Å². The van der Waals surface area contributed by atoms with Gasteiger partial charge in [0.25, 0.3) is 5.69 Å². The summed E-state index contributed by atoms with van der Waals surface area (Å²) in [6.07, 6.45) is 0. The minimum atomic E-state index is -0.466. The highest BCUT2D eigenvalue weighted by Gasteiger charge is 2.14. The number of nitro groups is 1. The first-order valence-electron chi connectivity index (χ1n) is 6.02. The summed E-state index contributed by atoms with van der Waals surface area (Å²) < 4.78 is 5.32. The largest absolute Gasteiger partial charge is 0.494 e. The molecule has 0 radical (unpaired) electrons. The SMILES string of the molecule is CCOc1cc(NC(C)c2nn[nH]n2)cc([N+](=O)[O-])c1. The van der Waals surface area contributed by atoms with Gasteiger partial charge >= 0.3 is 0 Å². The molecule has 0 bridgehead atoms. The lowest BCUT2D eigenvalue weighted by Crippen LogP contribution is -2.09. The summed E-state index contributed by atoms with van der Waals surface area (Å²) in [5.41, 5.74) is 0.513. The molecule has 20 heavy (non-hydrogen) atoms. The van der Waals surface area contributed by atoms with E-state index in [2.05, 4.69) is 25.9 Å². The van der Waals surface area contributed by atoms with E-state index < -0.39 is 4.92 Å². The number of nitrogens with one attached hydrogen (secondary N) is 2. The Labute approximate surface area is 114 Å². The first kappa shape index (κ1) is 13.7. The number of anilines is 1. The summed E-state index contributed by atoms with van der Waals surface area (Å²) in [5.74, 6) is 0.902. The number of aromatic amines is 1. The van der Waals surface area contributed by atoms with Crippen molar-refractivity contribution in [2.45, 2.75) is 19.9 Å². The second-order valence-corrected chi connectivity index (χ2v) is 4.04. The van der Waals surface area contributed by atoms with E-state index >= 15 is 0 Å². The van der Waals surface area contributed by atoms with E-state index in [1.807, 2.05) is 13.8 Å². The zero-order valence-corrected chi connectivity index (χ0v) is 11.0. The molecule has 9 heteroatoms. The average Bonchev–Trinajstić information content (AvgIpc) is 2.92. The van der Waals surface area contributed by atoms with Crippen LogP contribution in [0.4, 0.5) is 11.4 Å². The van der Waals surface area contributed by atoms with Gasteiger partial charge in [-0.05, 0) is 13.8 Å². The van der Waals surface area contributed by atoms with Crippen LogP contribution in [0.2, 0.25) is 0 Å². The van der Waals surface area contributed by atoms with Crippen molar-refractivity contribution in [3.63, 3.8) is 0 Å². The van der Waals surface area contributed by atoms with Gasteiger partial charge in [-0.3, -0.25) is 10.1 Å². The first-order valence-corrected chi connectivity index (χ1v) is 6.02. The molecule has 1 atom stereocenters. The van der Waals surface area contributed by atoms with Gasteiger partial charge in [0.15, 0.2) is 5.82 Å². The molecule has 0 amide bonds. The van der Waals surface area contributed by atoms with E-state index in [0.29, 0.717) is 23.9 Å². The third kappa shape index (κ3) is 3.19. The number of aromatic nitrogens is 4. The third-order valence-corrected chi connectivity index (χ3v) is 2.55. The predicted molar refractivity (Wildman–Crippen MR) is 70.5 cm³/mol. The minimum Gasteiger partial charge on any atom is -0.494 e. The number of nitro benzene ring substituents is 1. The van der Waals surface area contributed by atoms with E-state index in [9.17, 15) is 10.1 Å². The molecule has 0 fully saturated rings. The van der Waals surface area contributed by atoms with E-state index in [0.717, 1.165) is 0 Å². The maximum absolute atomic E-state index is 10.9. The fraction of sp³-hybridized carbons (Fsp3) is 0.364. The lowest BCUT2D eigenvalue weighted by molar-refractivity contribution is -0.384. The fourth-order valence-electron chi connectivity index (χ4n) is 1.69. The highest BCUT2D eigenvalue weighted by Crippen LogP contribution is 2.28. The number of tetrazole rings is 1. The van der Waals surface area contributed by atoms with E-state index in [4.69, 9.17) is 4.74 Å². The van der Waals surface area contributed by atoms with Gasteiger partial charge in [-0.2, -0.15) is 5.21 Å². The van der Waals surface area contributed by atoms with Crippen LogP contribution in [0.1, 0.15) is 25.7 Å². The van der Waals surface area contributed by atoms with E-state index in [1.54, 1.807) is 6.07 Å². The average molecular weight is 278 g/mol. The van der Waals surface area contributed by atoms with E-state index in [1.165, 1.54) is 12.1 Å². The van der Waals surface area contributed by atoms with Crippen molar-refractivity contribution in [1.82, 2.24) is 20.6 Å². The Morgan fingerprint density at radius 3 is 2.90 bits per heavy atom. The molecule has 9 nitrogen and oxygen atoms in total. The standard InChI is InChI=1S/C11H14N6O3/c1-3-20-10-5-8(4-9(6-10)17(18)19)12-7(2)11-13-15-16-14-11/h4-7,12H,3H2,1-2H3,(H,13,14,15,16). The Morgan fingerprint density at radius 1 is 1.50 bits per heavy atom. The quantitative estimate of drug-likeness (QED) is 0.609. The number of H-pyrrole nitrogens is 1. The molecule has 2 aromatic rings. The van der Waals surface area contributed by atoms with Gasteiger partial charge < -0.3 is 10.1 Å². The third-order valence-electron chi connectivity index (χ3n) is 2.55. The van der Waals surface area contributed by atoms with Crippen LogP contribution in [0, 0.1) is 10.1 Å². The van der Waals surface area contributed by atoms with Crippen LogP contribution >= 0.6 is 0 Å². The van der Waals surface area contributed by atoms with Crippen molar-refractivity contribution >= 4 is 11.4 Å². The van der Waals surface area contributed by atoms with Crippen molar-refractivity contribution in [2.75, 3.05) is 11.9 Å². The maximum atomic E-state index is 10.9. The number of hydrogen-bond acceptors (Lipinski definition) is 7. The molecule has 0 aliphatic heterocycles. The van der Waals surface area contributed by atoms with Crippen LogP contribution in [0.5, 0.6) is 5.75 Å². The fourth-order valence-corrected chi connectivity index (χ4v) is 1.69. The second kappa shape index (κ2) is 5.95. The van der Waals surface area contributed by atoms with Crippen molar-refractivity contribution in [3.8, 4) is 5.75 Å². The minimum absolute atomic E-state index is 0.0428. The summed E-state index contributed by atoms with van der Waals surface area (Å²) >= 11 is 0. The van der Waals surface area contributed by atoms with Crippen molar-refractivity contribution in [1.29, 1.82) is 0 Å². The van der Waals surface area contributed by atoms with Crippen LogP contribution in [0.3, 0.4) is 0 Å². The van der Waals surface area contributed by atoms with Crippen LogP contribution in [-0.2, 0) is 0 Å². The predicted octanol–water partition coefficient (Wildman–Crippen LogP) is 1.68. The number of hydrogen-bond donors (Lipinski definition) is 2. The van der Waals surface area contributed by atoms with Gasteiger partial charge in [-0.25, -0.2) is 0 Å². The Kier molecular flexibility index (Phi) is 4.08. The molecular formula is C11H14N6O3. The van der Waals surface area contributed by atoms with E-state index in [-0.39, 0.29) is 11.7 Å². The van der Waals surface area contributed by atoms with Crippen LogP contribution in [0.15, 0.2) is 18.2 Å². The number of non-ortho nitro benzene ring substituents is 1. The van der Waals surface area contributed by atoms with Gasteiger partial charge in [0.05, 0.1) is 23.6 Å². The zero-order chi connectivity index (χ0) is 14.5. The number of benzene rings is 1. The number of ether oxygens (including phenoxy) is 1. The molecule has 0 saturated carbocycles. The summed E-state index contributed by atoms with van der Waals surface area (Å²) in [4.78, 5) is 10.4. The molecule has 0 spiro atoms. The van der Waals surface area contributed by atoms with Gasteiger partial charge in [0, 0.05) is 17.8 Å². The molecule has 1 aromatic heterocycles. The molecule has 1 aromatic carbocycles. The van der Waals surface area contributed by atoms with Crippen LogP contribution in [-0.4, -0.2) is 32.2 Å². The van der Waals surface area contributed by atoms with Gasteiger partial charge in [-0.15, -0.1) is 10.2 Å². The highest BCUT2D eigenvalue weighted by molar-refractivity contribution is 5.57. The summed E-state index contributed by atoms with van der Waals surface area (Å²) in [5, 5.41) is 27.5. The number of rotatable bonds is 6. The van der Waals surface area contributed by atoms with Crippen LogP contribution in [0.25, 0.3) is 0 Å². The van der Waals surface area contributed by atoms with Gasteiger partial charge in [0.2, 0.25) is 0 Å². The van der Waals surface area contributed by atoms with Gasteiger partial charge in [0.1, 0.15) is 5.75 Å². The molecule has 1 heterocycles. The summed E-state index contributed by atoms with van der Waals surface area (Å²) in [6.45, 7) is 4.07. The highest BCUT2D eigenvalue weighted by atomic mass is 16.6. The Hall–Kier alpha value is -2.71. The molecule has 2 N–H and O–H groups in total. The Bertz CT molecular complexity index is 586. The maximum Gasteiger partial charge on any atom is 0.275 e. The van der Waals surface area contributed by atoms with Crippen molar-refractivity contribution < 1.29 is 9.66 Å². The number of nitrogens with zero attached hydrogens (tertiary/aromatic N) is 4. The summed E-state index contributed by atoms with van der Waals surface area (Å²) in [6, 6.07) is 4.25. The lowest BCUT2D eigenvalue weighted by atomic mass is 10.2. The molecule has 2 rings (SSSR count). The van der Waals surface area contributed by atoms with Crippen molar-refractivity contribution in [3.05, 3.63) is 34.1 Å². The Balaban J connectivity index is 2.23. The normalized spacial score (nSPS) is 11.9. The zero-order valence-electron chi connectivity index (χ0n) is 11.0.